The van der Waals surface area contributed by atoms with Crippen LogP contribution in [0.1, 0.15) is 278 Å². The van der Waals surface area contributed by atoms with Crippen molar-refractivity contribution in [1.82, 2.24) is 0 Å². The summed E-state index contributed by atoms with van der Waals surface area (Å²) in [5, 5.41) is 0. The molecule has 6 nitrogen and oxygen atoms in total. The molecular weight excluding hydrogens is 877 g/mol. The summed E-state index contributed by atoms with van der Waals surface area (Å²) in [6.45, 7) is 6.42. The predicted molar refractivity (Wildman–Crippen MR) is 307 cm³/mol. The fourth-order valence-corrected chi connectivity index (χ4v) is 8.13. The van der Waals surface area contributed by atoms with Crippen molar-refractivity contribution in [3.63, 3.8) is 0 Å². The summed E-state index contributed by atoms with van der Waals surface area (Å²) in [4.78, 5) is 38.1. The lowest BCUT2D eigenvalue weighted by atomic mass is 10.0. The average molecular weight is 988 g/mol. The highest BCUT2D eigenvalue weighted by atomic mass is 16.6. The Morgan fingerprint density at radius 2 is 0.592 bits per heavy atom. The molecule has 0 saturated heterocycles. The first kappa shape index (κ1) is 67.3. The number of rotatable bonds is 53. The fourth-order valence-electron chi connectivity index (χ4n) is 8.13. The molecular formula is C65H110O6. The number of unbranched alkanes of at least 4 members (excludes halogenated alkanes) is 27. The van der Waals surface area contributed by atoms with Crippen LogP contribution in [0.15, 0.2) is 97.2 Å². The van der Waals surface area contributed by atoms with Crippen LogP contribution in [0.2, 0.25) is 0 Å². The summed E-state index contributed by atoms with van der Waals surface area (Å²) in [5.74, 6) is -1.06. The molecule has 0 heterocycles. The number of ether oxygens (including phenoxy) is 3. The Labute approximate surface area is 438 Å². The number of carbonyl (C=O) groups is 3. The topological polar surface area (TPSA) is 78.9 Å². The Balaban J connectivity index is 4.42. The van der Waals surface area contributed by atoms with Gasteiger partial charge < -0.3 is 14.2 Å². The number of esters is 3. The number of carbonyl (C=O) groups excluding carboxylic acids is 3. The maximum absolute atomic E-state index is 12.8. The van der Waals surface area contributed by atoms with Crippen LogP contribution < -0.4 is 0 Å². The fraction of sp³-hybridized carbons (Fsp3) is 0.708. The first-order valence-electron chi connectivity index (χ1n) is 29.7. The van der Waals surface area contributed by atoms with Crippen molar-refractivity contribution < 1.29 is 28.6 Å². The highest BCUT2D eigenvalue weighted by Crippen LogP contribution is 2.15. The lowest BCUT2D eigenvalue weighted by molar-refractivity contribution is -0.166. The van der Waals surface area contributed by atoms with Crippen LogP contribution in [0, 0.1) is 0 Å². The molecule has 1 unspecified atom stereocenters. The van der Waals surface area contributed by atoms with E-state index in [0.717, 1.165) is 96.3 Å². The first-order valence-corrected chi connectivity index (χ1v) is 29.7. The van der Waals surface area contributed by atoms with Crippen LogP contribution in [-0.4, -0.2) is 37.2 Å². The summed E-state index contributed by atoms with van der Waals surface area (Å²) in [6.07, 6.45) is 78.6. The van der Waals surface area contributed by atoms with E-state index in [2.05, 4.69) is 106 Å². The molecule has 0 saturated carbocycles. The maximum atomic E-state index is 12.8. The van der Waals surface area contributed by atoms with Gasteiger partial charge in [0.2, 0.25) is 0 Å². The van der Waals surface area contributed by atoms with E-state index in [9.17, 15) is 14.4 Å². The third kappa shape index (κ3) is 57.1. The zero-order valence-corrected chi connectivity index (χ0v) is 46.5. The van der Waals surface area contributed by atoms with E-state index in [1.165, 1.54) is 141 Å². The van der Waals surface area contributed by atoms with E-state index >= 15 is 0 Å². The summed E-state index contributed by atoms with van der Waals surface area (Å²) >= 11 is 0. The molecule has 1 atom stereocenters. The molecule has 406 valence electrons. The van der Waals surface area contributed by atoms with E-state index in [0.29, 0.717) is 12.8 Å². The minimum Gasteiger partial charge on any atom is -0.462 e. The summed E-state index contributed by atoms with van der Waals surface area (Å²) in [5.41, 5.74) is 0. The van der Waals surface area contributed by atoms with Crippen molar-refractivity contribution in [1.29, 1.82) is 0 Å². The van der Waals surface area contributed by atoms with Gasteiger partial charge in [0, 0.05) is 12.8 Å². The van der Waals surface area contributed by atoms with E-state index in [-0.39, 0.29) is 31.6 Å². The first-order chi connectivity index (χ1) is 35.0. The maximum Gasteiger partial charge on any atom is 0.310 e. The van der Waals surface area contributed by atoms with E-state index in [4.69, 9.17) is 14.2 Å². The summed E-state index contributed by atoms with van der Waals surface area (Å²) < 4.78 is 16.8. The SMILES string of the molecule is CC/C=C\C/C=C\C/C=C\C/C=C\C/C=C\CC(=O)OC(COC(=O)CCCCCCC/C=C\C/C=C\CCCCC)COC(=O)CCCCCCCCCCCCC/C=C\CCCCCCCCCC. The van der Waals surface area contributed by atoms with Crippen LogP contribution in [0.4, 0.5) is 0 Å². The molecule has 0 spiro atoms. The van der Waals surface area contributed by atoms with Gasteiger partial charge in [-0.25, -0.2) is 0 Å². The molecule has 0 aromatic carbocycles. The Morgan fingerprint density at radius 1 is 0.310 bits per heavy atom. The molecule has 71 heavy (non-hydrogen) atoms. The van der Waals surface area contributed by atoms with E-state index in [1.54, 1.807) is 6.08 Å². The van der Waals surface area contributed by atoms with Crippen molar-refractivity contribution >= 4 is 17.9 Å². The highest BCUT2D eigenvalue weighted by Gasteiger charge is 2.19. The van der Waals surface area contributed by atoms with Crippen molar-refractivity contribution in [3.05, 3.63) is 97.2 Å². The average Bonchev–Trinajstić information content (AvgIpc) is 3.37. The Kier molecular flexibility index (Phi) is 55.9. The van der Waals surface area contributed by atoms with Gasteiger partial charge in [-0.15, -0.1) is 0 Å². The Hall–Kier alpha value is -3.67. The molecule has 0 amide bonds. The van der Waals surface area contributed by atoms with Crippen LogP contribution >= 0.6 is 0 Å². The molecule has 0 aromatic rings. The zero-order valence-electron chi connectivity index (χ0n) is 46.5. The van der Waals surface area contributed by atoms with Gasteiger partial charge in [0.1, 0.15) is 13.2 Å². The second-order valence-corrected chi connectivity index (χ2v) is 19.5. The van der Waals surface area contributed by atoms with Crippen LogP contribution in [-0.2, 0) is 28.6 Å². The van der Waals surface area contributed by atoms with E-state index < -0.39 is 12.1 Å². The standard InChI is InChI=1S/C65H110O6/c1-4-7-10-13-16-19-22-25-28-29-30-31-32-33-34-35-38-40-43-46-49-52-55-58-64(67)70-61-62(71-65(68)59-56-53-50-47-44-41-37-27-24-21-18-15-12-9-6-3)60-69-63(66)57-54-51-48-45-42-39-36-26-23-20-17-14-11-8-5-2/h9,12,17-18,20-21,26-27,29-30,36-37,44,47,53,56,62H,4-8,10-11,13-16,19,22-25,28,31-35,38-43,45-46,48-52,54-55,57-61H2,1-3H3/b12-9-,20-17-,21-18-,30-29-,36-26-,37-27-,47-44-,56-53-. The third-order valence-corrected chi connectivity index (χ3v) is 12.6. The van der Waals surface area contributed by atoms with Gasteiger partial charge in [0.05, 0.1) is 6.42 Å². The third-order valence-electron chi connectivity index (χ3n) is 12.6. The van der Waals surface area contributed by atoms with Gasteiger partial charge in [0.25, 0.3) is 0 Å². The number of hydrogen-bond donors (Lipinski definition) is 0. The summed E-state index contributed by atoms with van der Waals surface area (Å²) in [6, 6.07) is 0. The molecule has 0 aliphatic carbocycles. The minimum atomic E-state index is -0.839. The van der Waals surface area contributed by atoms with Crippen molar-refractivity contribution in [2.24, 2.45) is 0 Å². The van der Waals surface area contributed by atoms with Crippen molar-refractivity contribution in [2.45, 2.75) is 284 Å². The van der Waals surface area contributed by atoms with Crippen molar-refractivity contribution in [2.75, 3.05) is 13.2 Å². The number of hydrogen-bond acceptors (Lipinski definition) is 6. The molecule has 0 bridgehead atoms. The molecule has 0 rings (SSSR count). The molecule has 0 aliphatic rings. The normalized spacial score (nSPS) is 12.8. The molecule has 6 heteroatoms. The smallest absolute Gasteiger partial charge is 0.310 e. The molecule has 0 aliphatic heterocycles. The van der Waals surface area contributed by atoms with Crippen LogP contribution in [0.5, 0.6) is 0 Å². The predicted octanol–water partition coefficient (Wildman–Crippen LogP) is 20.1. The highest BCUT2D eigenvalue weighted by molar-refractivity contribution is 5.72. The van der Waals surface area contributed by atoms with Gasteiger partial charge in [-0.1, -0.05) is 253 Å². The quantitative estimate of drug-likeness (QED) is 0.0261. The second-order valence-electron chi connectivity index (χ2n) is 19.5. The Bertz CT molecular complexity index is 1410. The van der Waals surface area contributed by atoms with Gasteiger partial charge in [-0.05, 0) is 103 Å². The molecule has 0 radical (unpaired) electrons. The Morgan fingerprint density at radius 3 is 0.972 bits per heavy atom. The second kappa shape index (κ2) is 58.9. The minimum absolute atomic E-state index is 0.0925. The lowest BCUT2D eigenvalue weighted by Crippen LogP contribution is -2.30. The summed E-state index contributed by atoms with van der Waals surface area (Å²) in [7, 11) is 0. The largest absolute Gasteiger partial charge is 0.462 e. The van der Waals surface area contributed by atoms with E-state index in [1.807, 2.05) is 6.08 Å². The lowest BCUT2D eigenvalue weighted by Gasteiger charge is -2.18. The van der Waals surface area contributed by atoms with Crippen LogP contribution in [0.3, 0.4) is 0 Å². The van der Waals surface area contributed by atoms with Crippen molar-refractivity contribution in [3.8, 4) is 0 Å². The van der Waals surface area contributed by atoms with Gasteiger partial charge in [-0.3, -0.25) is 14.4 Å². The monoisotopic (exact) mass is 987 g/mol. The van der Waals surface area contributed by atoms with Crippen LogP contribution in [0.25, 0.3) is 0 Å². The molecule has 0 aromatic heterocycles. The van der Waals surface area contributed by atoms with Gasteiger partial charge in [-0.2, -0.15) is 0 Å². The number of allylic oxidation sites excluding steroid dienone is 15. The molecule has 0 N–H and O–H groups in total. The zero-order chi connectivity index (χ0) is 51.4. The van der Waals surface area contributed by atoms with Gasteiger partial charge >= 0.3 is 17.9 Å². The molecule has 0 fully saturated rings. The van der Waals surface area contributed by atoms with Gasteiger partial charge in [0.15, 0.2) is 6.10 Å².